The van der Waals surface area contributed by atoms with Crippen LogP contribution in [-0.4, -0.2) is 15.2 Å². The van der Waals surface area contributed by atoms with Crippen molar-refractivity contribution in [1.29, 1.82) is 0 Å². The van der Waals surface area contributed by atoms with Gasteiger partial charge in [0.05, 0.1) is 11.2 Å². The largest absolute Gasteiger partial charge is 0.256 e. The quantitative estimate of drug-likeness (QED) is 0.660. The summed E-state index contributed by atoms with van der Waals surface area (Å²) in [5.74, 6) is 0. The van der Waals surface area contributed by atoms with Crippen LogP contribution in [0.3, 0.4) is 0 Å². The van der Waals surface area contributed by atoms with Crippen LogP contribution in [0.5, 0.6) is 0 Å². The summed E-state index contributed by atoms with van der Waals surface area (Å²) >= 11 is 0. The molecular formula is C16H17N3. The van der Waals surface area contributed by atoms with Crippen LogP contribution in [0, 0.1) is 0 Å². The predicted octanol–water partition coefficient (Wildman–Crippen LogP) is 3.91. The van der Waals surface area contributed by atoms with Crippen LogP contribution in [0.15, 0.2) is 36.5 Å². The Morgan fingerprint density at radius 2 is 1.84 bits per heavy atom. The summed E-state index contributed by atoms with van der Waals surface area (Å²) in [6, 6.07) is 10.3. The van der Waals surface area contributed by atoms with Crippen molar-refractivity contribution in [3.05, 3.63) is 42.2 Å². The van der Waals surface area contributed by atoms with Crippen LogP contribution >= 0.6 is 0 Å². The topological polar surface area (TPSA) is 38.7 Å². The summed E-state index contributed by atoms with van der Waals surface area (Å²) in [7, 11) is 0. The first-order valence-electron chi connectivity index (χ1n) is 6.88. The van der Waals surface area contributed by atoms with E-state index in [9.17, 15) is 0 Å². The van der Waals surface area contributed by atoms with E-state index in [-0.39, 0.29) is 0 Å². The first kappa shape index (κ1) is 12.0. The monoisotopic (exact) mass is 251 g/mol. The van der Waals surface area contributed by atoms with Gasteiger partial charge in [0, 0.05) is 17.0 Å². The smallest absolute Gasteiger partial charge is 0.102 e. The van der Waals surface area contributed by atoms with Gasteiger partial charge in [0.1, 0.15) is 5.52 Å². The third-order valence-electron chi connectivity index (χ3n) is 3.45. The van der Waals surface area contributed by atoms with Crippen LogP contribution in [0.1, 0.15) is 31.9 Å². The van der Waals surface area contributed by atoms with Gasteiger partial charge in [-0.25, -0.2) is 0 Å². The summed E-state index contributed by atoms with van der Waals surface area (Å²) in [6.07, 6.45) is 6.48. The third-order valence-corrected chi connectivity index (χ3v) is 3.45. The Bertz CT molecular complexity index is 707. The third kappa shape index (κ3) is 2.41. The Morgan fingerprint density at radius 1 is 0.947 bits per heavy atom. The Labute approximate surface area is 112 Å². The standard InChI is InChI=1S/C16H17N3/c1-2-3-4-5-13-8-6-12-7-9-15-14(10-11-17-15)16(12)19-18-13/h6-11H,2-5H2,1H3. The highest BCUT2D eigenvalue weighted by atomic mass is 15.1. The number of hydrogen-bond donors (Lipinski definition) is 0. The zero-order valence-corrected chi connectivity index (χ0v) is 11.1. The second-order valence-electron chi connectivity index (χ2n) is 4.86. The minimum Gasteiger partial charge on any atom is -0.256 e. The lowest BCUT2D eigenvalue weighted by Crippen LogP contribution is -1.88. The molecule has 3 heteroatoms. The van der Waals surface area contributed by atoms with Crippen molar-refractivity contribution in [1.82, 2.24) is 15.2 Å². The molecule has 96 valence electrons. The van der Waals surface area contributed by atoms with E-state index in [4.69, 9.17) is 0 Å². The van der Waals surface area contributed by atoms with Crippen LogP contribution in [0.4, 0.5) is 0 Å². The van der Waals surface area contributed by atoms with Gasteiger partial charge in [0.2, 0.25) is 0 Å². The summed E-state index contributed by atoms with van der Waals surface area (Å²) in [6.45, 7) is 2.21. The normalized spacial score (nSPS) is 11.2. The highest BCUT2D eigenvalue weighted by Crippen LogP contribution is 2.21. The van der Waals surface area contributed by atoms with Gasteiger partial charge < -0.3 is 0 Å². The van der Waals surface area contributed by atoms with Crippen molar-refractivity contribution in [3.8, 4) is 0 Å². The van der Waals surface area contributed by atoms with Gasteiger partial charge in [-0.15, -0.1) is 5.10 Å². The molecule has 0 unspecified atom stereocenters. The number of unbranched alkanes of at least 4 members (excludes halogenated alkanes) is 2. The minimum atomic E-state index is 0.941. The lowest BCUT2D eigenvalue weighted by molar-refractivity contribution is 0.702. The second-order valence-corrected chi connectivity index (χ2v) is 4.86. The molecule has 0 aliphatic carbocycles. The molecule has 3 aromatic rings. The summed E-state index contributed by atoms with van der Waals surface area (Å²) in [5, 5.41) is 11.0. The summed E-state index contributed by atoms with van der Waals surface area (Å²) in [5.41, 5.74) is 2.99. The zero-order valence-electron chi connectivity index (χ0n) is 11.1. The van der Waals surface area contributed by atoms with Crippen molar-refractivity contribution in [2.24, 2.45) is 0 Å². The van der Waals surface area contributed by atoms with Gasteiger partial charge in [-0.05, 0) is 31.0 Å². The van der Waals surface area contributed by atoms with E-state index >= 15 is 0 Å². The van der Waals surface area contributed by atoms with E-state index in [1.165, 1.54) is 19.3 Å². The van der Waals surface area contributed by atoms with Crippen LogP contribution in [-0.2, 0) is 6.42 Å². The Kier molecular flexibility index (Phi) is 3.36. The highest BCUT2D eigenvalue weighted by molar-refractivity contribution is 6.03. The molecule has 3 rings (SSSR count). The van der Waals surface area contributed by atoms with Gasteiger partial charge >= 0.3 is 0 Å². The lowest BCUT2D eigenvalue weighted by atomic mass is 10.1. The average molecular weight is 251 g/mol. The van der Waals surface area contributed by atoms with Crippen molar-refractivity contribution in [2.45, 2.75) is 32.6 Å². The van der Waals surface area contributed by atoms with Crippen molar-refractivity contribution in [3.63, 3.8) is 0 Å². The predicted molar refractivity (Wildman–Crippen MR) is 78.1 cm³/mol. The average Bonchev–Trinajstić information content (AvgIpc) is 2.81. The van der Waals surface area contributed by atoms with Crippen LogP contribution < -0.4 is 0 Å². The molecular weight excluding hydrogens is 234 g/mol. The maximum Gasteiger partial charge on any atom is 0.102 e. The van der Waals surface area contributed by atoms with Crippen LogP contribution in [0.25, 0.3) is 21.8 Å². The van der Waals surface area contributed by atoms with E-state index in [0.29, 0.717) is 0 Å². The molecule has 0 N–H and O–H groups in total. The molecule has 1 aromatic carbocycles. The van der Waals surface area contributed by atoms with E-state index < -0.39 is 0 Å². The molecule has 2 aromatic heterocycles. The molecule has 0 amide bonds. The molecule has 0 saturated carbocycles. The molecule has 0 fully saturated rings. The number of benzene rings is 1. The summed E-state index contributed by atoms with van der Waals surface area (Å²) in [4.78, 5) is 4.30. The lowest BCUT2D eigenvalue weighted by Gasteiger charge is -1.94. The van der Waals surface area contributed by atoms with E-state index in [2.05, 4.69) is 40.3 Å². The zero-order chi connectivity index (χ0) is 13.1. The second kappa shape index (κ2) is 5.31. The van der Waals surface area contributed by atoms with E-state index in [1.54, 1.807) is 0 Å². The Hall–Kier alpha value is -2.03. The van der Waals surface area contributed by atoms with E-state index in [1.807, 2.05) is 18.3 Å². The van der Waals surface area contributed by atoms with Crippen molar-refractivity contribution >= 4 is 21.8 Å². The van der Waals surface area contributed by atoms with Gasteiger partial charge in [-0.2, -0.15) is 5.10 Å². The highest BCUT2D eigenvalue weighted by Gasteiger charge is 2.03. The van der Waals surface area contributed by atoms with Gasteiger partial charge in [-0.1, -0.05) is 31.9 Å². The van der Waals surface area contributed by atoms with Crippen molar-refractivity contribution < 1.29 is 0 Å². The fourth-order valence-corrected chi connectivity index (χ4v) is 2.35. The first-order valence-corrected chi connectivity index (χ1v) is 6.88. The molecule has 0 radical (unpaired) electrons. The first-order chi connectivity index (χ1) is 9.38. The fourth-order valence-electron chi connectivity index (χ4n) is 2.35. The maximum atomic E-state index is 4.43. The Balaban J connectivity index is 2.04. The number of aryl methyl sites for hydroxylation is 1. The minimum absolute atomic E-state index is 0.941. The number of aromatic nitrogens is 3. The number of nitrogens with zero attached hydrogens (tertiary/aromatic N) is 3. The molecule has 2 heterocycles. The van der Waals surface area contributed by atoms with Gasteiger partial charge in [0.25, 0.3) is 0 Å². The number of fused-ring (bicyclic) bond motifs is 3. The van der Waals surface area contributed by atoms with Crippen molar-refractivity contribution in [2.75, 3.05) is 0 Å². The SMILES string of the molecule is CCCCCc1ccc2ccc3nccc3c2nn1. The maximum absolute atomic E-state index is 4.43. The molecule has 19 heavy (non-hydrogen) atoms. The van der Waals surface area contributed by atoms with E-state index in [0.717, 1.165) is 33.9 Å². The molecule has 0 saturated heterocycles. The molecule has 0 aliphatic heterocycles. The summed E-state index contributed by atoms with van der Waals surface area (Å²) < 4.78 is 0. The van der Waals surface area contributed by atoms with Gasteiger partial charge in [0.15, 0.2) is 0 Å². The number of rotatable bonds is 4. The molecule has 3 nitrogen and oxygen atoms in total. The molecule has 0 spiro atoms. The molecule has 0 atom stereocenters. The molecule has 0 bridgehead atoms. The fraction of sp³-hybridized carbons (Fsp3) is 0.312. The van der Waals surface area contributed by atoms with Gasteiger partial charge in [-0.3, -0.25) is 4.98 Å². The van der Waals surface area contributed by atoms with Crippen LogP contribution in [0.2, 0.25) is 0 Å². The Morgan fingerprint density at radius 3 is 2.74 bits per heavy atom. The molecule has 0 aliphatic rings. The number of hydrogen-bond acceptors (Lipinski definition) is 3.